The van der Waals surface area contributed by atoms with Gasteiger partial charge in [-0.2, -0.15) is 8.78 Å². The standard InChI is InChI=1S/C15H18F2O5/c1-21-12(18)14(20,10-15(16,17)13(19)22-2)9-8-11-6-4-3-5-7-11/h3-7,20H,8-10H2,1-2H3. The maximum absolute atomic E-state index is 13.7. The van der Waals surface area contributed by atoms with E-state index in [1.54, 1.807) is 30.3 Å². The zero-order valence-electron chi connectivity index (χ0n) is 12.3. The van der Waals surface area contributed by atoms with Crippen molar-refractivity contribution < 1.29 is 33.0 Å². The molecule has 0 heterocycles. The SMILES string of the molecule is COC(=O)C(F)(F)CC(O)(CCc1ccccc1)C(=O)OC. The quantitative estimate of drug-likeness (QED) is 0.776. The zero-order chi connectivity index (χ0) is 16.8. The Labute approximate surface area is 126 Å². The summed E-state index contributed by atoms with van der Waals surface area (Å²) in [6.45, 7) is 0. The third-order valence-corrected chi connectivity index (χ3v) is 3.23. The monoisotopic (exact) mass is 316 g/mol. The van der Waals surface area contributed by atoms with E-state index in [0.29, 0.717) is 0 Å². The van der Waals surface area contributed by atoms with Crippen LogP contribution < -0.4 is 0 Å². The number of carbonyl (C=O) groups excluding carboxylic acids is 2. The molecular formula is C15H18F2O5. The van der Waals surface area contributed by atoms with Crippen LogP contribution >= 0.6 is 0 Å². The highest BCUT2D eigenvalue weighted by atomic mass is 19.3. The average Bonchev–Trinajstić information content (AvgIpc) is 2.51. The van der Waals surface area contributed by atoms with Crippen LogP contribution in [0.1, 0.15) is 18.4 Å². The Morgan fingerprint density at radius 3 is 2.14 bits per heavy atom. The van der Waals surface area contributed by atoms with E-state index in [2.05, 4.69) is 9.47 Å². The molecule has 1 N–H and O–H groups in total. The Morgan fingerprint density at radius 1 is 1.09 bits per heavy atom. The van der Waals surface area contributed by atoms with E-state index in [1.165, 1.54) is 0 Å². The van der Waals surface area contributed by atoms with Crippen LogP contribution in [-0.2, 0) is 25.5 Å². The van der Waals surface area contributed by atoms with E-state index in [1.807, 2.05) is 0 Å². The lowest BCUT2D eigenvalue weighted by atomic mass is 9.89. The topological polar surface area (TPSA) is 72.8 Å². The van der Waals surface area contributed by atoms with Gasteiger partial charge in [0.2, 0.25) is 0 Å². The molecule has 1 atom stereocenters. The Bertz CT molecular complexity index is 518. The van der Waals surface area contributed by atoms with Crippen molar-refractivity contribution in [1.82, 2.24) is 0 Å². The summed E-state index contributed by atoms with van der Waals surface area (Å²) < 4.78 is 35.8. The minimum Gasteiger partial charge on any atom is -0.467 e. The van der Waals surface area contributed by atoms with Crippen LogP contribution in [0.25, 0.3) is 0 Å². The number of methoxy groups -OCH3 is 2. The van der Waals surface area contributed by atoms with Crippen LogP contribution in [0.2, 0.25) is 0 Å². The van der Waals surface area contributed by atoms with Gasteiger partial charge in [-0.15, -0.1) is 0 Å². The summed E-state index contributed by atoms with van der Waals surface area (Å²) in [4.78, 5) is 22.7. The summed E-state index contributed by atoms with van der Waals surface area (Å²) in [5.41, 5.74) is -1.73. The molecule has 0 bridgehead atoms. The fourth-order valence-electron chi connectivity index (χ4n) is 2.04. The normalized spacial score (nSPS) is 14.0. The van der Waals surface area contributed by atoms with Gasteiger partial charge in [0.25, 0.3) is 0 Å². The lowest BCUT2D eigenvalue weighted by molar-refractivity contribution is -0.187. The molecular weight excluding hydrogens is 298 g/mol. The van der Waals surface area contributed by atoms with Gasteiger partial charge in [-0.25, -0.2) is 9.59 Å². The lowest BCUT2D eigenvalue weighted by Crippen LogP contribution is -2.48. The molecule has 0 spiro atoms. The van der Waals surface area contributed by atoms with E-state index in [4.69, 9.17) is 0 Å². The molecule has 0 aromatic heterocycles. The average molecular weight is 316 g/mol. The number of esters is 2. The molecule has 1 unspecified atom stereocenters. The van der Waals surface area contributed by atoms with Crippen LogP contribution in [0.5, 0.6) is 0 Å². The van der Waals surface area contributed by atoms with Crippen molar-refractivity contribution in [3.63, 3.8) is 0 Å². The Morgan fingerprint density at radius 2 is 1.64 bits per heavy atom. The molecule has 0 aliphatic carbocycles. The van der Waals surface area contributed by atoms with Crippen LogP contribution in [-0.4, -0.2) is 42.8 Å². The molecule has 1 aromatic carbocycles. The largest absolute Gasteiger partial charge is 0.467 e. The first-order chi connectivity index (χ1) is 10.2. The van der Waals surface area contributed by atoms with Crippen LogP contribution in [0.15, 0.2) is 30.3 Å². The van der Waals surface area contributed by atoms with E-state index in [0.717, 1.165) is 19.8 Å². The molecule has 0 fully saturated rings. The van der Waals surface area contributed by atoms with Gasteiger partial charge in [-0.05, 0) is 18.4 Å². The molecule has 0 radical (unpaired) electrons. The van der Waals surface area contributed by atoms with Gasteiger partial charge in [0.15, 0.2) is 5.60 Å². The van der Waals surface area contributed by atoms with Gasteiger partial charge in [0, 0.05) is 0 Å². The Hall–Kier alpha value is -2.02. The van der Waals surface area contributed by atoms with Gasteiger partial charge >= 0.3 is 17.9 Å². The molecule has 1 aromatic rings. The number of rotatable bonds is 7. The van der Waals surface area contributed by atoms with Crippen LogP contribution in [0.4, 0.5) is 8.78 Å². The molecule has 0 amide bonds. The third kappa shape index (κ3) is 4.49. The summed E-state index contributed by atoms with van der Waals surface area (Å²) in [6, 6.07) is 8.73. The maximum Gasteiger partial charge on any atom is 0.376 e. The molecule has 0 aliphatic rings. The van der Waals surface area contributed by atoms with E-state index < -0.39 is 29.9 Å². The number of benzene rings is 1. The number of carbonyl (C=O) groups is 2. The predicted octanol–water partition coefficient (Wildman–Crippen LogP) is 1.72. The second-order valence-electron chi connectivity index (χ2n) is 4.88. The second-order valence-corrected chi connectivity index (χ2v) is 4.88. The summed E-state index contributed by atoms with van der Waals surface area (Å²) in [6.07, 6.45) is -1.54. The second kappa shape index (κ2) is 7.31. The van der Waals surface area contributed by atoms with Gasteiger partial charge < -0.3 is 14.6 Å². The van der Waals surface area contributed by atoms with Crippen molar-refractivity contribution in [2.75, 3.05) is 14.2 Å². The number of hydrogen-bond donors (Lipinski definition) is 1. The lowest BCUT2D eigenvalue weighted by Gasteiger charge is -2.28. The van der Waals surface area contributed by atoms with Crippen molar-refractivity contribution in [3.8, 4) is 0 Å². The summed E-state index contributed by atoms with van der Waals surface area (Å²) >= 11 is 0. The van der Waals surface area contributed by atoms with E-state index in [-0.39, 0.29) is 12.8 Å². The molecule has 0 saturated heterocycles. The summed E-state index contributed by atoms with van der Waals surface area (Å²) in [5.74, 6) is -7.02. The first kappa shape index (κ1) is 18.0. The van der Waals surface area contributed by atoms with Gasteiger partial charge in [0.05, 0.1) is 20.6 Å². The molecule has 7 heteroatoms. The Kier molecular flexibility index (Phi) is 5.99. The van der Waals surface area contributed by atoms with Gasteiger partial charge in [-0.3, -0.25) is 0 Å². The molecule has 0 saturated carbocycles. The van der Waals surface area contributed by atoms with E-state index in [9.17, 15) is 23.5 Å². The number of ether oxygens (including phenoxy) is 2. The van der Waals surface area contributed by atoms with Crippen molar-refractivity contribution in [1.29, 1.82) is 0 Å². The predicted molar refractivity (Wildman–Crippen MR) is 73.3 cm³/mol. The third-order valence-electron chi connectivity index (χ3n) is 3.23. The van der Waals surface area contributed by atoms with Crippen molar-refractivity contribution in [3.05, 3.63) is 35.9 Å². The fraction of sp³-hybridized carbons (Fsp3) is 0.467. The first-order valence-corrected chi connectivity index (χ1v) is 6.56. The number of aryl methyl sites for hydroxylation is 1. The highest BCUT2D eigenvalue weighted by Gasteiger charge is 2.51. The summed E-state index contributed by atoms with van der Waals surface area (Å²) in [5, 5.41) is 10.3. The van der Waals surface area contributed by atoms with Crippen LogP contribution in [0, 0.1) is 0 Å². The van der Waals surface area contributed by atoms with E-state index >= 15 is 0 Å². The van der Waals surface area contributed by atoms with Gasteiger partial charge in [0.1, 0.15) is 0 Å². The molecule has 122 valence electrons. The highest BCUT2D eigenvalue weighted by molar-refractivity contribution is 5.83. The van der Waals surface area contributed by atoms with Crippen molar-refractivity contribution in [2.24, 2.45) is 0 Å². The van der Waals surface area contributed by atoms with Gasteiger partial charge in [-0.1, -0.05) is 30.3 Å². The van der Waals surface area contributed by atoms with Crippen molar-refractivity contribution in [2.45, 2.75) is 30.8 Å². The van der Waals surface area contributed by atoms with Crippen molar-refractivity contribution >= 4 is 11.9 Å². The zero-order valence-corrected chi connectivity index (χ0v) is 12.3. The molecule has 5 nitrogen and oxygen atoms in total. The fourth-order valence-corrected chi connectivity index (χ4v) is 2.04. The minimum absolute atomic E-state index is 0.170. The first-order valence-electron chi connectivity index (χ1n) is 6.56. The molecule has 1 rings (SSSR count). The number of aliphatic hydroxyl groups is 1. The minimum atomic E-state index is -3.99. The van der Waals surface area contributed by atoms with Crippen LogP contribution in [0.3, 0.4) is 0 Å². The number of alkyl halides is 2. The Balaban J connectivity index is 2.90. The molecule has 22 heavy (non-hydrogen) atoms. The highest BCUT2D eigenvalue weighted by Crippen LogP contribution is 2.31. The number of hydrogen-bond acceptors (Lipinski definition) is 5. The maximum atomic E-state index is 13.7. The summed E-state index contributed by atoms with van der Waals surface area (Å²) in [7, 11) is 1.78. The molecule has 0 aliphatic heterocycles. The number of halogens is 2. The smallest absolute Gasteiger partial charge is 0.376 e.